The van der Waals surface area contributed by atoms with Crippen molar-refractivity contribution in [2.24, 2.45) is 5.92 Å². The first kappa shape index (κ1) is 19.0. The van der Waals surface area contributed by atoms with E-state index in [1.165, 1.54) is 18.6 Å². The van der Waals surface area contributed by atoms with Gasteiger partial charge in [-0.25, -0.2) is 4.39 Å². The maximum Gasteiger partial charge on any atom is 0.238 e. The molecule has 2 fully saturated rings. The molecule has 2 aliphatic rings. The van der Waals surface area contributed by atoms with E-state index < -0.39 is 0 Å². The Balaban J connectivity index is 1.47. The van der Waals surface area contributed by atoms with Gasteiger partial charge >= 0.3 is 0 Å². The predicted molar refractivity (Wildman–Crippen MR) is 111 cm³/mol. The molecule has 2 aromatic rings. The van der Waals surface area contributed by atoms with E-state index in [9.17, 15) is 14.0 Å². The second-order valence-corrected chi connectivity index (χ2v) is 8.42. The van der Waals surface area contributed by atoms with E-state index in [1.807, 2.05) is 24.3 Å². The Hall–Kier alpha value is -2.34. The van der Waals surface area contributed by atoms with E-state index >= 15 is 0 Å². The van der Waals surface area contributed by atoms with Crippen molar-refractivity contribution < 1.29 is 14.0 Å². The van der Waals surface area contributed by atoms with Gasteiger partial charge < -0.3 is 5.32 Å². The third-order valence-electron chi connectivity index (χ3n) is 5.41. The third kappa shape index (κ3) is 4.07. The first-order valence-electron chi connectivity index (χ1n) is 9.72. The van der Waals surface area contributed by atoms with Crippen molar-refractivity contribution in [3.8, 4) is 0 Å². The van der Waals surface area contributed by atoms with Crippen LogP contribution in [0.5, 0.6) is 0 Å². The lowest BCUT2D eigenvalue weighted by Crippen LogP contribution is -2.27. The highest BCUT2D eigenvalue weighted by molar-refractivity contribution is 8.00. The van der Waals surface area contributed by atoms with Gasteiger partial charge in [0.2, 0.25) is 11.8 Å². The molecule has 4 rings (SSSR count). The summed E-state index contributed by atoms with van der Waals surface area (Å²) in [5, 5.41) is 2.87. The van der Waals surface area contributed by atoms with Gasteiger partial charge in [-0.3, -0.25) is 14.5 Å². The fourth-order valence-corrected chi connectivity index (χ4v) is 5.07. The maximum atomic E-state index is 13.2. The topological polar surface area (TPSA) is 49.4 Å². The fourth-order valence-electron chi connectivity index (χ4n) is 3.89. The van der Waals surface area contributed by atoms with Crippen LogP contribution in [0.4, 0.5) is 15.8 Å². The fraction of sp³-hybridized carbons (Fsp3) is 0.364. The third-order valence-corrected chi connectivity index (χ3v) is 6.62. The van der Waals surface area contributed by atoms with Crippen LogP contribution in [-0.2, 0) is 9.59 Å². The molecule has 1 unspecified atom stereocenters. The monoisotopic (exact) mass is 398 g/mol. The summed E-state index contributed by atoms with van der Waals surface area (Å²) >= 11 is 1.55. The van der Waals surface area contributed by atoms with Crippen molar-refractivity contribution in [2.45, 2.75) is 37.5 Å². The van der Waals surface area contributed by atoms with Gasteiger partial charge in [-0.2, -0.15) is 0 Å². The summed E-state index contributed by atoms with van der Waals surface area (Å²) in [6.45, 7) is 0. The summed E-state index contributed by atoms with van der Waals surface area (Å²) in [6, 6.07) is 13.7. The molecule has 1 aliphatic carbocycles. The number of nitrogens with one attached hydrogen (secondary N) is 1. The molecule has 1 aliphatic heterocycles. The second kappa shape index (κ2) is 8.35. The Labute approximate surface area is 168 Å². The van der Waals surface area contributed by atoms with Gasteiger partial charge in [-0.05, 0) is 54.8 Å². The number of benzene rings is 2. The van der Waals surface area contributed by atoms with Crippen molar-refractivity contribution in [2.75, 3.05) is 16.0 Å². The summed E-state index contributed by atoms with van der Waals surface area (Å²) in [6.07, 6.45) is 5.42. The molecule has 0 radical (unpaired) electrons. The second-order valence-electron chi connectivity index (χ2n) is 7.35. The van der Waals surface area contributed by atoms with Crippen LogP contribution in [0.3, 0.4) is 0 Å². The first-order chi connectivity index (χ1) is 13.6. The minimum absolute atomic E-state index is 0.0104. The van der Waals surface area contributed by atoms with E-state index in [0.29, 0.717) is 11.4 Å². The number of rotatable bonds is 4. The average molecular weight is 399 g/mol. The molecule has 1 saturated heterocycles. The molecule has 0 aromatic heterocycles. The number of thioether (sulfide) groups is 1. The van der Waals surface area contributed by atoms with Gasteiger partial charge in [0, 0.05) is 17.3 Å². The van der Waals surface area contributed by atoms with Crippen LogP contribution in [0.1, 0.15) is 43.0 Å². The quantitative estimate of drug-likeness (QED) is 0.777. The molecule has 6 heteroatoms. The summed E-state index contributed by atoms with van der Waals surface area (Å²) in [4.78, 5) is 26.5. The highest BCUT2D eigenvalue weighted by atomic mass is 32.2. The lowest BCUT2D eigenvalue weighted by atomic mass is 9.88. The van der Waals surface area contributed by atoms with Crippen LogP contribution in [0.2, 0.25) is 0 Å². The van der Waals surface area contributed by atoms with Crippen LogP contribution < -0.4 is 10.2 Å². The number of carbonyl (C=O) groups excluding carboxylic acids is 2. The Morgan fingerprint density at radius 1 is 1.00 bits per heavy atom. The smallest absolute Gasteiger partial charge is 0.238 e. The molecule has 0 bridgehead atoms. The molecule has 4 nitrogen and oxygen atoms in total. The van der Waals surface area contributed by atoms with Crippen molar-refractivity contribution in [1.29, 1.82) is 0 Å². The van der Waals surface area contributed by atoms with Crippen LogP contribution in [0.15, 0.2) is 48.5 Å². The molecule has 146 valence electrons. The lowest BCUT2D eigenvalue weighted by molar-refractivity contribution is -0.120. The number of hydrogen-bond acceptors (Lipinski definition) is 3. The van der Waals surface area contributed by atoms with E-state index in [4.69, 9.17) is 0 Å². The van der Waals surface area contributed by atoms with Crippen LogP contribution in [-0.4, -0.2) is 17.6 Å². The van der Waals surface area contributed by atoms with E-state index in [-0.39, 0.29) is 28.9 Å². The molecule has 1 saturated carbocycles. The molecular weight excluding hydrogens is 375 g/mol. The Morgan fingerprint density at radius 2 is 1.68 bits per heavy atom. The molecule has 2 aromatic carbocycles. The highest BCUT2D eigenvalue weighted by Gasteiger charge is 2.34. The molecule has 1 atom stereocenters. The van der Waals surface area contributed by atoms with Gasteiger partial charge in [-0.15, -0.1) is 11.8 Å². The Kier molecular flexibility index (Phi) is 5.67. The minimum atomic E-state index is -0.322. The van der Waals surface area contributed by atoms with Crippen molar-refractivity contribution in [3.63, 3.8) is 0 Å². The van der Waals surface area contributed by atoms with Crippen LogP contribution in [0.25, 0.3) is 0 Å². The van der Waals surface area contributed by atoms with Gasteiger partial charge in [0.15, 0.2) is 0 Å². The largest absolute Gasteiger partial charge is 0.326 e. The van der Waals surface area contributed by atoms with Crippen molar-refractivity contribution in [1.82, 2.24) is 0 Å². The van der Waals surface area contributed by atoms with E-state index in [1.54, 1.807) is 28.8 Å². The van der Waals surface area contributed by atoms with Gasteiger partial charge in [0.1, 0.15) is 11.2 Å². The SMILES string of the molecule is O=C(Nc1ccc(C2SCC(=O)N2c2ccc(F)cc2)cc1)C1CCCCC1. The van der Waals surface area contributed by atoms with Gasteiger partial charge in [-0.1, -0.05) is 31.4 Å². The van der Waals surface area contributed by atoms with Gasteiger partial charge in [0.25, 0.3) is 0 Å². The van der Waals surface area contributed by atoms with Crippen LogP contribution >= 0.6 is 11.8 Å². The zero-order chi connectivity index (χ0) is 19.5. The molecule has 0 spiro atoms. The standard InChI is InChI=1S/C22H23FN2O2S/c23-17-8-12-19(13-9-17)25-20(26)14-28-22(25)16-6-10-18(11-7-16)24-21(27)15-4-2-1-3-5-15/h6-13,15,22H,1-5,14H2,(H,24,27). The molecule has 1 heterocycles. The summed E-state index contributed by atoms with van der Waals surface area (Å²) in [7, 11) is 0. The summed E-state index contributed by atoms with van der Waals surface area (Å²) in [5.74, 6) is 0.299. The number of halogens is 1. The highest BCUT2D eigenvalue weighted by Crippen LogP contribution is 2.42. The molecule has 1 N–H and O–H groups in total. The zero-order valence-electron chi connectivity index (χ0n) is 15.6. The van der Waals surface area contributed by atoms with E-state index in [2.05, 4.69) is 5.32 Å². The molecular formula is C22H23FN2O2S. The average Bonchev–Trinajstić information content (AvgIpc) is 3.11. The Morgan fingerprint density at radius 3 is 2.36 bits per heavy atom. The number of nitrogens with zero attached hydrogens (tertiary/aromatic N) is 1. The predicted octanol–water partition coefficient (Wildman–Crippen LogP) is 5.12. The lowest BCUT2D eigenvalue weighted by Gasteiger charge is -2.24. The Bertz CT molecular complexity index is 848. The normalized spacial score (nSPS) is 20.4. The van der Waals surface area contributed by atoms with Crippen molar-refractivity contribution >= 4 is 35.0 Å². The number of anilines is 2. The number of carbonyl (C=O) groups is 2. The zero-order valence-corrected chi connectivity index (χ0v) is 16.4. The first-order valence-corrected chi connectivity index (χ1v) is 10.8. The number of amides is 2. The maximum absolute atomic E-state index is 13.2. The summed E-state index contributed by atoms with van der Waals surface area (Å²) in [5.41, 5.74) is 2.45. The molecule has 2 amide bonds. The minimum Gasteiger partial charge on any atom is -0.326 e. The van der Waals surface area contributed by atoms with Crippen LogP contribution in [0, 0.1) is 11.7 Å². The summed E-state index contributed by atoms with van der Waals surface area (Å²) < 4.78 is 13.2. The molecule has 28 heavy (non-hydrogen) atoms. The van der Waals surface area contributed by atoms with E-state index in [0.717, 1.165) is 36.9 Å². The van der Waals surface area contributed by atoms with Gasteiger partial charge in [0.05, 0.1) is 5.75 Å². The van der Waals surface area contributed by atoms with Crippen molar-refractivity contribution in [3.05, 3.63) is 59.9 Å². The number of hydrogen-bond donors (Lipinski definition) is 1.